The normalized spacial score (nSPS) is 23.8. The number of anilines is 2. The molecule has 0 saturated carbocycles. The van der Waals surface area contributed by atoms with Crippen LogP contribution in [0.25, 0.3) is 0 Å². The number of amides is 2. The van der Waals surface area contributed by atoms with E-state index in [4.69, 9.17) is 4.74 Å². The summed E-state index contributed by atoms with van der Waals surface area (Å²) in [6.45, 7) is 1.52. The van der Waals surface area contributed by atoms with Crippen LogP contribution in [-0.4, -0.2) is 59.5 Å². The number of allylic oxidation sites excluding steroid dienone is 6. The Morgan fingerprint density at radius 1 is 0.978 bits per heavy atom. The number of ketones is 2. The molecule has 6 rings (SSSR count). The van der Waals surface area contributed by atoms with Crippen LogP contribution in [0.15, 0.2) is 64.8 Å². The van der Waals surface area contributed by atoms with Crippen LogP contribution >= 0.6 is 0 Å². The predicted octanol–water partition coefficient (Wildman–Crippen LogP) is 3.92. The molecule has 3 aliphatic carbocycles. The molecule has 2 aromatic rings. The molecular formula is C32H28N4O10. The predicted molar refractivity (Wildman–Crippen MR) is 163 cm³/mol. The number of hydrogen-bond acceptors (Lipinski definition) is 11. The molecule has 14 nitrogen and oxygen atoms in total. The van der Waals surface area contributed by atoms with Crippen LogP contribution in [0.2, 0.25) is 0 Å². The molecule has 4 unspecified atom stereocenters. The molecule has 0 spiro atoms. The summed E-state index contributed by atoms with van der Waals surface area (Å²) in [7, 11) is 4.23. The summed E-state index contributed by atoms with van der Waals surface area (Å²) in [4.78, 5) is 79.3. The van der Waals surface area contributed by atoms with Crippen LogP contribution in [0.5, 0.6) is 11.5 Å². The highest BCUT2D eigenvalue weighted by molar-refractivity contribution is 6.25. The number of benzene rings is 2. The van der Waals surface area contributed by atoms with Crippen molar-refractivity contribution in [3.8, 4) is 11.5 Å². The lowest BCUT2D eigenvalue weighted by Crippen LogP contribution is -2.39. The Balaban J connectivity index is 1.49. The minimum atomic E-state index is -1.04. The van der Waals surface area contributed by atoms with Crippen molar-refractivity contribution in [1.29, 1.82) is 0 Å². The molecule has 1 aliphatic heterocycles. The van der Waals surface area contributed by atoms with Gasteiger partial charge in [0.1, 0.15) is 11.5 Å². The molecule has 14 heteroatoms. The van der Waals surface area contributed by atoms with Gasteiger partial charge in [-0.05, 0) is 37.8 Å². The number of rotatable bonds is 6. The first-order chi connectivity index (χ1) is 21.8. The molecule has 1 fully saturated rings. The highest BCUT2D eigenvalue weighted by Gasteiger charge is 2.57. The fraction of sp³-hybridized carbons (Fsp3) is 0.312. The van der Waals surface area contributed by atoms with Crippen molar-refractivity contribution in [2.24, 2.45) is 17.8 Å². The number of phenolic OH excluding ortho intramolecular Hbond substituents is 1. The average Bonchev–Trinajstić information content (AvgIpc) is 3.27. The highest BCUT2D eigenvalue weighted by Crippen LogP contribution is 2.57. The van der Waals surface area contributed by atoms with Crippen LogP contribution < -0.4 is 14.5 Å². The Morgan fingerprint density at radius 2 is 1.63 bits per heavy atom. The number of methoxy groups -OCH3 is 1. The van der Waals surface area contributed by atoms with Crippen molar-refractivity contribution in [3.05, 3.63) is 90.6 Å². The summed E-state index contributed by atoms with van der Waals surface area (Å²) in [6, 6.07) is 6.51. The first kappa shape index (κ1) is 30.4. The second kappa shape index (κ2) is 10.8. The molecule has 4 atom stereocenters. The standard InChI is InChI=1S/C32H28N4O10/c1-14-9-25(38)28-21(30(14)39)13-20-17(26(28)18-6-5-16(46-4)12-24(18)37)7-8-19-27(20)32(41)34(31(19)40)15-10-22(35(42)43)29(33(2)3)23(11-15)36(44)45/h5-7,9-12,19-20,26-27,37H,8,13H2,1-4H3. The summed E-state index contributed by atoms with van der Waals surface area (Å²) in [6.07, 6.45) is 3.04. The molecular weight excluding hydrogens is 600 g/mol. The number of nitro groups is 2. The monoisotopic (exact) mass is 628 g/mol. The summed E-state index contributed by atoms with van der Waals surface area (Å²) in [5, 5.41) is 35.0. The second-order valence-corrected chi connectivity index (χ2v) is 11.9. The minimum absolute atomic E-state index is 0.0295. The van der Waals surface area contributed by atoms with Gasteiger partial charge in [0.25, 0.3) is 0 Å². The molecule has 236 valence electrons. The van der Waals surface area contributed by atoms with Gasteiger partial charge in [-0.15, -0.1) is 0 Å². The number of nitrogens with zero attached hydrogens (tertiary/aromatic N) is 4. The number of imide groups is 1. The van der Waals surface area contributed by atoms with E-state index in [-0.39, 0.29) is 52.5 Å². The van der Waals surface area contributed by atoms with Gasteiger partial charge in [-0.2, -0.15) is 0 Å². The minimum Gasteiger partial charge on any atom is -0.507 e. The van der Waals surface area contributed by atoms with Gasteiger partial charge in [-0.1, -0.05) is 17.7 Å². The smallest absolute Gasteiger partial charge is 0.301 e. The first-order valence-corrected chi connectivity index (χ1v) is 14.4. The molecule has 0 aromatic heterocycles. The topological polar surface area (TPSA) is 190 Å². The van der Waals surface area contributed by atoms with Gasteiger partial charge in [0, 0.05) is 60.5 Å². The zero-order chi connectivity index (χ0) is 33.4. The van der Waals surface area contributed by atoms with Gasteiger partial charge in [0.05, 0.1) is 34.5 Å². The third-order valence-corrected chi connectivity index (χ3v) is 9.26. The van der Waals surface area contributed by atoms with Crippen LogP contribution in [0.4, 0.5) is 22.7 Å². The maximum atomic E-state index is 14.2. The van der Waals surface area contributed by atoms with E-state index >= 15 is 0 Å². The van der Waals surface area contributed by atoms with Crippen molar-refractivity contribution < 1.29 is 38.9 Å². The van der Waals surface area contributed by atoms with Crippen molar-refractivity contribution >= 4 is 46.1 Å². The van der Waals surface area contributed by atoms with E-state index in [1.54, 1.807) is 18.2 Å². The first-order valence-electron chi connectivity index (χ1n) is 14.4. The summed E-state index contributed by atoms with van der Waals surface area (Å²) >= 11 is 0. The van der Waals surface area contributed by atoms with E-state index in [1.807, 2.05) is 0 Å². The number of ether oxygens (including phenoxy) is 1. The Bertz CT molecular complexity index is 1870. The Kier molecular flexibility index (Phi) is 7.10. The fourth-order valence-corrected chi connectivity index (χ4v) is 7.34. The largest absolute Gasteiger partial charge is 0.507 e. The number of nitro benzene ring substituents is 2. The zero-order valence-electron chi connectivity index (χ0n) is 25.2. The number of fused-ring (bicyclic) bond motifs is 3. The highest BCUT2D eigenvalue weighted by atomic mass is 16.6. The molecule has 4 aliphatic rings. The third-order valence-electron chi connectivity index (χ3n) is 9.26. The molecule has 1 saturated heterocycles. The Hall–Kier alpha value is -5.66. The van der Waals surface area contributed by atoms with Gasteiger partial charge in [0.2, 0.25) is 11.8 Å². The summed E-state index contributed by atoms with van der Waals surface area (Å²) in [5.74, 6) is -5.64. The molecule has 1 heterocycles. The number of carbonyl (C=O) groups is 4. The maximum Gasteiger partial charge on any atom is 0.301 e. The summed E-state index contributed by atoms with van der Waals surface area (Å²) in [5.41, 5.74) is -0.413. The molecule has 0 radical (unpaired) electrons. The SMILES string of the molecule is COc1ccc(C2C3=CCC4C(=O)N(c5cc([N+](=O)[O-])c(N(C)C)c([N+](=O)[O-])c5)C(=O)C4C3CC3=C2C(=O)C=C(C)C3=O)c(O)c1. The van der Waals surface area contributed by atoms with Crippen molar-refractivity contribution in [1.82, 2.24) is 0 Å². The fourth-order valence-electron chi connectivity index (χ4n) is 7.34. The van der Waals surface area contributed by atoms with Crippen LogP contribution in [0.1, 0.15) is 31.2 Å². The molecule has 0 bridgehead atoms. The number of phenols is 1. The lowest BCUT2D eigenvalue weighted by Gasteiger charge is -2.42. The number of hydrogen-bond donors (Lipinski definition) is 1. The lowest BCUT2D eigenvalue weighted by molar-refractivity contribution is -0.392. The van der Waals surface area contributed by atoms with E-state index < -0.39 is 62.5 Å². The Labute approximate surface area is 261 Å². The van der Waals surface area contributed by atoms with Crippen LogP contribution in [-0.2, 0) is 19.2 Å². The molecule has 1 N–H and O–H groups in total. The maximum absolute atomic E-state index is 14.2. The molecule has 46 heavy (non-hydrogen) atoms. The average molecular weight is 629 g/mol. The van der Waals surface area contributed by atoms with Crippen LogP contribution in [0, 0.1) is 38.0 Å². The van der Waals surface area contributed by atoms with E-state index in [0.717, 1.165) is 17.0 Å². The van der Waals surface area contributed by atoms with Gasteiger partial charge in [-0.25, -0.2) is 4.90 Å². The van der Waals surface area contributed by atoms with E-state index in [1.165, 1.54) is 45.2 Å². The molecule has 2 amide bonds. The second-order valence-electron chi connectivity index (χ2n) is 11.9. The van der Waals surface area contributed by atoms with Crippen molar-refractivity contribution in [2.75, 3.05) is 31.0 Å². The van der Waals surface area contributed by atoms with E-state index in [9.17, 15) is 44.5 Å². The number of Topliss-reactive ketones (excluding diaryl/α,β-unsaturated/α-hetero) is 1. The van der Waals surface area contributed by atoms with Gasteiger partial charge in [-0.3, -0.25) is 39.4 Å². The summed E-state index contributed by atoms with van der Waals surface area (Å²) < 4.78 is 5.21. The van der Waals surface area contributed by atoms with Crippen molar-refractivity contribution in [3.63, 3.8) is 0 Å². The quantitative estimate of drug-likeness (QED) is 0.160. The zero-order valence-corrected chi connectivity index (χ0v) is 25.2. The van der Waals surface area contributed by atoms with E-state index in [2.05, 4.69) is 0 Å². The number of carbonyl (C=O) groups excluding carboxylic acids is 4. The third kappa shape index (κ3) is 4.39. The van der Waals surface area contributed by atoms with Crippen LogP contribution in [0.3, 0.4) is 0 Å². The molecule has 2 aromatic carbocycles. The van der Waals surface area contributed by atoms with Gasteiger partial charge < -0.3 is 14.7 Å². The van der Waals surface area contributed by atoms with Crippen molar-refractivity contribution in [2.45, 2.75) is 25.7 Å². The lowest BCUT2D eigenvalue weighted by atomic mass is 9.59. The van der Waals surface area contributed by atoms with Gasteiger partial charge >= 0.3 is 11.4 Å². The van der Waals surface area contributed by atoms with Gasteiger partial charge in [0.15, 0.2) is 17.3 Å². The Morgan fingerprint density at radius 3 is 2.20 bits per heavy atom. The van der Waals surface area contributed by atoms with E-state index in [0.29, 0.717) is 16.9 Å². The number of aromatic hydroxyl groups is 1.